The number of rotatable bonds is 4. The molecule has 2 heteroatoms. The van der Waals surface area contributed by atoms with Gasteiger partial charge >= 0.3 is 0 Å². The smallest absolute Gasteiger partial charge is 0.0865 e. The molecule has 1 rings (SSSR count). The number of ether oxygens (including phenoxy) is 1. The molecule has 0 radical (unpaired) electrons. The van der Waals surface area contributed by atoms with Crippen molar-refractivity contribution in [3.8, 4) is 0 Å². The van der Waals surface area contributed by atoms with E-state index in [4.69, 9.17) is 4.74 Å². The Kier molecular flexibility index (Phi) is 3.03. The SMILES string of the molecule is CCCOCc1ccc[nH]1. The second-order valence-corrected chi connectivity index (χ2v) is 2.25. The van der Waals surface area contributed by atoms with Gasteiger partial charge in [-0.25, -0.2) is 0 Å². The lowest BCUT2D eigenvalue weighted by molar-refractivity contribution is 0.119. The van der Waals surface area contributed by atoms with Gasteiger partial charge in [0.2, 0.25) is 0 Å². The highest BCUT2D eigenvalue weighted by Gasteiger charge is 1.89. The molecule has 1 aromatic rings. The van der Waals surface area contributed by atoms with Crippen molar-refractivity contribution in [2.24, 2.45) is 0 Å². The summed E-state index contributed by atoms with van der Waals surface area (Å²) in [6.07, 6.45) is 2.99. The van der Waals surface area contributed by atoms with Gasteiger partial charge in [0.1, 0.15) is 0 Å². The van der Waals surface area contributed by atoms with E-state index in [0.29, 0.717) is 6.61 Å². The Morgan fingerprint density at radius 1 is 1.60 bits per heavy atom. The van der Waals surface area contributed by atoms with Crippen LogP contribution in [-0.4, -0.2) is 11.6 Å². The molecule has 2 nitrogen and oxygen atoms in total. The van der Waals surface area contributed by atoms with Crippen LogP contribution in [0.4, 0.5) is 0 Å². The first-order valence-electron chi connectivity index (χ1n) is 3.63. The molecule has 0 fully saturated rings. The number of hydrogen-bond donors (Lipinski definition) is 1. The molecule has 0 atom stereocenters. The fraction of sp³-hybridized carbons (Fsp3) is 0.500. The summed E-state index contributed by atoms with van der Waals surface area (Å²) < 4.78 is 5.30. The van der Waals surface area contributed by atoms with E-state index in [0.717, 1.165) is 18.7 Å². The summed E-state index contributed by atoms with van der Waals surface area (Å²) in [6, 6.07) is 4.00. The van der Waals surface area contributed by atoms with Gasteiger partial charge in [-0.05, 0) is 18.6 Å². The number of aromatic nitrogens is 1. The summed E-state index contributed by atoms with van der Waals surface area (Å²) in [4.78, 5) is 3.07. The molecule has 0 spiro atoms. The normalized spacial score (nSPS) is 10.1. The fourth-order valence-corrected chi connectivity index (χ4v) is 0.784. The molecule has 0 unspecified atom stereocenters. The largest absolute Gasteiger partial charge is 0.375 e. The summed E-state index contributed by atoms with van der Waals surface area (Å²) in [6.45, 7) is 3.66. The third-order valence-electron chi connectivity index (χ3n) is 1.27. The van der Waals surface area contributed by atoms with Crippen LogP contribution < -0.4 is 0 Å². The molecule has 0 amide bonds. The molecule has 56 valence electrons. The molecule has 1 N–H and O–H groups in total. The summed E-state index contributed by atoms with van der Waals surface area (Å²) in [5, 5.41) is 0. The van der Waals surface area contributed by atoms with E-state index in [2.05, 4.69) is 11.9 Å². The minimum Gasteiger partial charge on any atom is -0.375 e. The zero-order valence-electron chi connectivity index (χ0n) is 6.26. The van der Waals surface area contributed by atoms with E-state index in [1.165, 1.54) is 0 Å². The topological polar surface area (TPSA) is 25.0 Å². The number of H-pyrrole nitrogens is 1. The van der Waals surface area contributed by atoms with Crippen LogP contribution in [0.1, 0.15) is 19.0 Å². The molecular formula is C8H13NO. The van der Waals surface area contributed by atoms with E-state index >= 15 is 0 Å². The Balaban J connectivity index is 2.15. The van der Waals surface area contributed by atoms with Crippen molar-refractivity contribution in [3.05, 3.63) is 24.0 Å². The summed E-state index contributed by atoms with van der Waals surface area (Å²) in [5.74, 6) is 0. The first-order chi connectivity index (χ1) is 4.93. The van der Waals surface area contributed by atoms with Crippen LogP contribution in [0.25, 0.3) is 0 Å². The highest BCUT2D eigenvalue weighted by atomic mass is 16.5. The van der Waals surface area contributed by atoms with Gasteiger partial charge in [-0.1, -0.05) is 6.92 Å². The predicted octanol–water partition coefficient (Wildman–Crippen LogP) is 1.94. The molecule has 0 bridgehead atoms. The zero-order valence-corrected chi connectivity index (χ0v) is 6.26. The van der Waals surface area contributed by atoms with E-state index in [9.17, 15) is 0 Å². The van der Waals surface area contributed by atoms with E-state index < -0.39 is 0 Å². The van der Waals surface area contributed by atoms with Crippen molar-refractivity contribution in [1.82, 2.24) is 4.98 Å². The predicted molar refractivity (Wildman–Crippen MR) is 40.7 cm³/mol. The van der Waals surface area contributed by atoms with Crippen molar-refractivity contribution in [1.29, 1.82) is 0 Å². The van der Waals surface area contributed by atoms with Crippen LogP contribution in [0.3, 0.4) is 0 Å². The Labute approximate surface area is 61.2 Å². The summed E-state index contributed by atoms with van der Waals surface area (Å²) in [5.41, 5.74) is 1.15. The van der Waals surface area contributed by atoms with Gasteiger partial charge in [-0.3, -0.25) is 0 Å². The summed E-state index contributed by atoms with van der Waals surface area (Å²) in [7, 11) is 0. The fourth-order valence-electron chi connectivity index (χ4n) is 0.784. The number of hydrogen-bond acceptors (Lipinski definition) is 1. The van der Waals surface area contributed by atoms with Gasteiger partial charge in [-0.2, -0.15) is 0 Å². The van der Waals surface area contributed by atoms with Gasteiger partial charge in [-0.15, -0.1) is 0 Å². The van der Waals surface area contributed by atoms with Gasteiger partial charge in [0.05, 0.1) is 6.61 Å². The molecule has 0 aromatic carbocycles. The van der Waals surface area contributed by atoms with E-state index in [1.807, 2.05) is 18.3 Å². The van der Waals surface area contributed by atoms with Crippen LogP contribution in [0, 0.1) is 0 Å². The van der Waals surface area contributed by atoms with Crippen molar-refractivity contribution in [3.63, 3.8) is 0 Å². The molecule has 0 saturated heterocycles. The molecule has 0 aliphatic rings. The lowest BCUT2D eigenvalue weighted by Gasteiger charge is -1.98. The Hall–Kier alpha value is -0.760. The lowest BCUT2D eigenvalue weighted by atomic mass is 10.4. The molecule has 1 heterocycles. The minimum atomic E-state index is 0.709. The third-order valence-corrected chi connectivity index (χ3v) is 1.27. The number of aromatic amines is 1. The molecule has 0 aliphatic carbocycles. The molecule has 0 saturated carbocycles. The second-order valence-electron chi connectivity index (χ2n) is 2.25. The zero-order chi connectivity index (χ0) is 7.23. The minimum absolute atomic E-state index is 0.709. The van der Waals surface area contributed by atoms with Crippen LogP contribution >= 0.6 is 0 Å². The highest BCUT2D eigenvalue weighted by Crippen LogP contribution is 1.96. The first kappa shape index (κ1) is 7.35. The Morgan fingerprint density at radius 3 is 3.10 bits per heavy atom. The molecular weight excluding hydrogens is 126 g/mol. The Bertz CT molecular complexity index is 158. The van der Waals surface area contributed by atoms with Gasteiger partial charge in [0.25, 0.3) is 0 Å². The average Bonchev–Trinajstić information content (AvgIpc) is 2.41. The third kappa shape index (κ3) is 2.23. The van der Waals surface area contributed by atoms with Crippen molar-refractivity contribution < 1.29 is 4.74 Å². The summed E-state index contributed by atoms with van der Waals surface area (Å²) >= 11 is 0. The second kappa shape index (κ2) is 4.12. The standard InChI is InChI=1S/C8H13NO/c1-2-6-10-7-8-4-3-5-9-8/h3-5,9H,2,6-7H2,1H3. The lowest BCUT2D eigenvalue weighted by Crippen LogP contribution is -1.93. The van der Waals surface area contributed by atoms with Crippen LogP contribution in [0.2, 0.25) is 0 Å². The van der Waals surface area contributed by atoms with Crippen LogP contribution in [0.15, 0.2) is 18.3 Å². The van der Waals surface area contributed by atoms with Gasteiger partial charge < -0.3 is 9.72 Å². The monoisotopic (exact) mass is 139 g/mol. The molecule has 0 aliphatic heterocycles. The average molecular weight is 139 g/mol. The number of nitrogens with one attached hydrogen (secondary N) is 1. The highest BCUT2D eigenvalue weighted by molar-refractivity contribution is 5.01. The molecule has 1 aromatic heterocycles. The van der Waals surface area contributed by atoms with Gasteiger partial charge in [0, 0.05) is 18.5 Å². The van der Waals surface area contributed by atoms with Crippen LogP contribution in [0.5, 0.6) is 0 Å². The van der Waals surface area contributed by atoms with Crippen molar-refractivity contribution in [2.75, 3.05) is 6.61 Å². The maximum absolute atomic E-state index is 5.30. The maximum atomic E-state index is 5.30. The first-order valence-corrected chi connectivity index (χ1v) is 3.63. The van der Waals surface area contributed by atoms with Gasteiger partial charge in [0.15, 0.2) is 0 Å². The van der Waals surface area contributed by atoms with Crippen LogP contribution in [-0.2, 0) is 11.3 Å². The maximum Gasteiger partial charge on any atom is 0.0865 e. The van der Waals surface area contributed by atoms with Crippen molar-refractivity contribution in [2.45, 2.75) is 20.0 Å². The van der Waals surface area contributed by atoms with Crippen molar-refractivity contribution >= 4 is 0 Å². The Morgan fingerprint density at radius 2 is 2.50 bits per heavy atom. The van der Waals surface area contributed by atoms with E-state index in [1.54, 1.807) is 0 Å². The van der Waals surface area contributed by atoms with E-state index in [-0.39, 0.29) is 0 Å². The quantitative estimate of drug-likeness (QED) is 0.633. The molecule has 10 heavy (non-hydrogen) atoms.